The summed E-state index contributed by atoms with van der Waals surface area (Å²) in [5, 5.41) is 15.5. The van der Waals surface area contributed by atoms with E-state index in [2.05, 4.69) is 73.5 Å². The van der Waals surface area contributed by atoms with Crippen LogP contribution >= 0.6 is 0 Å². The molecule has 1 atom stereocenters. The van der Waals surface area contributed by atoms with Gasteiger partial charge in [0.25, 0.3) is 0 Å². The molecule has 0 radical (unpaired) electrons. The van der Waals surface area contributed by atoms with Gasteiger partial charge in [-0.25, -0.2) is 14.7 Å². The molecule has 7 nitrogen and oxygen atoms in total. The summed E-state index contributed by atoms with van der Waals surface area (Å²) in [5.74, 6) is -0.242. The lowest BCUT2D eigenvalue weighted by atomic mass is 9.87. The lowest BCUT2D eigenvalue weighted by Gasteiger charge is -2.19. The fourth-order valence-electron chi connectivity index (χ4n) is 5.12. The first-order valence-corrected chi connectivity index (χ1v) is 15.1. The van der Waals surface area contributed by atoms with Crippen LogP contribution in [0.15, 0.2) is 112 Å². The van der Waals surface area contributed by atoms with Crippen molar-refractivity contribution in [1.29, 1.82) is 0 Å². The molecule has 0 aliphatic carbocycles. The van der Waals surface area contributed by atoms with Gasteiger partial charge in [0.2, 0.25) is 5.89 Å². The summed E-state index contributed by atoms with van der Waals surface area (Å²) in [4.78, 5) is 22.6. The first-order chi connectivity index (χ1) is 21.6. The Morgan fingerprint density at radius 3 is 2.22 bits per heavy atom. The topological polar surface area (TPSA) is 105 Å². The zero-order valence-corrected chi connectivity index (χ0v) is 25.8. The first-order valence-electron chi connectivity index (χ1n) is 15.1. The summed E-state index contributed by atoms with van der Waals surface area (Å²) in [6, 6.07) is 31.6. The van der Waals surface area contributed by atoms with Crippen molar-refractivity contribution in [1.82, 2.24) is 10.2 Å². The Kier molecular flexibility index (Phi) is 9.78. The molecule has 0 aliphatic rings. The van der Waals surface area contributed by atoms with Crippen LogP contribution in [-0.2, 0) is 24.9 Å². The van der Waals surface area contributed by atoms with E-state index >= 15 is 0 Å². The zero-order chi connectivity index (χ0) is 31.8. The molecule has 0 saturated carbocycles. The Bertz CT molecular complexity index is 1790. The maximum atomic E-state index is 11.4. The van der Waals surface area contributed by atoms with E-state index < -0.39 is 11.7 Å². The van der Waals surface area contributed by atoms with Crippen LogP contribution in [0.1, 0.15) is 65.4 Å². The highest BCUT2D eigenvalue weighted by atomic mass is 16.5. The number of hydrogen-bond donors (Lipinski definition) is 2. The number of H-pyrrole nitrogens is 1. The third kappa shape index (κ3) is 8.70. The molecule has 230 valence electrons. The lowest BCUT2D eigenvalue weighted by molar-refractivity contribution is 0.0697. The Hall–Kier alpha value is -5.17. The maximum absolute atomic E-state index is 11.4. The van der Waals surface area contributed by atoms with E-state index in [0.717, 1.165) is 52.8 Å². The predicted octanol–water partition coefficient (Wildman–Crippen LogP) is 8.11. The first kappa shape index (κ1) is 31.3. The summed E-state index contributed by atoms with van der Waals surface area (Å²) >= 11 is 0. The number of benzene rings is 4. The smallest absolute Gasteiger partial charge is 0.434 e. The van der Waals surface area contributed by atoms with Gasteiger partial charge < -0.3 is 14.3 Å². The van der Waals surface area contributed by atoms with Crippen LogP contribution in [0.5, 0.6) is 5.75 Å². The number of aromatic nitrogens is 2. The minimum atomic E-state index is -0.928. The van der Waals surface area contributed by atoms with Gasteiger partial charge in [0.05, 0.1) is 5.56 Å². The molecule has 0 fully saturated rings. The van der Waals surface area contributed by atoms with Gasteiger partial charge in [-0.15, -0.1) is 5.10 Å². The molecule has 5 rings (SSSR count). The summed E-state index contributed by atoms with van der Waals surface area (Å²) in [6.07, 6.45) is 6.81. The highest BCUT2D eigenvalue weighted by Crippen LogP contribution is 2.26. The van der Waals surface area contributed by atoms with Crippen molar-refractivity contribution in [3.05, 3.63) is 147 Å². The van der Waals surface area contributed by atoms with Crippen molar-refractivity contribution in [3.8, 4) is 17.2 Å². The Balaban J connectivity index is 1.31. The van der Waals surface area contributed by atoms with E-state index in [4.69, 9.17) is 9.15 Å². The SMILES string of the molecule is CC(C)(C)c1ccc(COc2ccccc2C=CC(CCc2ccc(C(=O)O)cc2)Cc2ccc(-c3n[nH]c(=O)o3)cc2)cc1. The van der Waals surface area contributed by atoms with Gasteiger partial charge in [0.15, 0.2) is 0 Å². The Morgan fingerprint density at radius 2 is 1.58 bits per heavy atom. The van der Waals surface area contributed by atoms with Crippen molar-refractivity contribution >= 4 is 12.0 Å². The number of hydrogen-bond acceptors (Lipinski definition) is 5. The number of nitrogens with zero attached hydrogens (tertiary/aromatic N) is 1. The van der Waals surface area contributed by atoms with Gasteiger partial charge in [0.1, 0.15) is 12.4 Å². The largest absolute Gasteiger partial charge is 0.488 e. The minimum Gasteiger partial charge on any atom is -0.488 e. The average Bonchev–Trinajstić information content (AvgIpc) is 3.48. The molecule has 2 N–H and O–H groups in total. The highest BCUT2D eigenvalue weighted by Gasteiger charge is 2.14. The van der Waals surface area contributed by atoms with Gasteiger partial charge in [-0.1, -0.05) is 99.7 Å². The monoisotopic (exact) mass is 602 g/mol. The van der Waals surface area contributed by atoms with Crippen LogP contribution in [0.25, 0.3) is 17.5 Å². The van der Waals surface area contributed by atoms with Crippen molar-refractivity contribution < 1.29 is 19.1 Å². The van der Waals surface area contributed by atoms with Gasteiger partial charge >= 0.3 is 11.7 Å². The van der Waals surface area contributed by atoms with Gasteiger partial charge in [0, 0.05) is 11.1 Å². The van der Waals surface area contributed by atoms with Gasteiger partial charge in [-0.05, 0) is 83.2 Å². The maximum Gasteiger partial charge on any atom is 0.434 e. The van der Waals surface area contributed by atoms with E-state index in [9.17, 15) is 14.7 Å². The Morgan fingerprint density at radius 1 is 0.911 bits per heavy atom. The number of aromatic amines is 1. The second kappa shape index (κ2) is 14.1. The van der Waals surface area contributed by atoms with Gasteiger partial charge in [-0.2, -0.15) is 0 Å². The molecule has 0 amide bonds. The van der Waals surface area contributed by atoms with Crippen LogP contribution in [0.2, 0.25) is 0 Å². The molecule has 1 heterocycles. The molecular weight excluding hydrogens is 564 g/mol. The van der Waals surface area contributed by atoms with Crippen LogP contribution < -0.4 is 10.5 Å². The molecule has 1 aromatic heterocycles. The van der Waals surface area contributed by atoms with Crippen molar-refractivity contribution in [2.24, 2.45) is 5.92 Å². The molecule has 45 heavy (non-hydrogen) atoms. The van der Waals surface area contributed by atoms with Crippen LogP contribution in [-0.4, -0.2) is 21.3 Å². The van der Waals surface area contributed by atoms with E-state index in [1.807, 2.05) is 54.6 Å². The number of carboxylic acid groups (broad SMARTS) is 1. The molecule has 0 saturated heterocycles. The molecule has 0 spiro atoms. The normalized spacial score (nSPS) is 12.3. The van der Waals surface area contributed by atoms with Crippen LogP contribution in [0.3, 0.4) is 0 Å². The van der Waals surface area contributed by atoms with E-state index in [-0.39, 0.29) is 22.8 Å². The predicted molar refractivity (Wildman–Crippen MR) is 176 cm³/mol. The molecular formula is C38H38N2O5. The number of carboxylic acids is 1. The zero-order valence-electron chi connectivity index (χ0n) is 25.8. The van der Waals surface area contributed by atoms with Crippen molar-refractivity contribution in [2.75, 3.05) is 0 Å². The second-order valence-corrected chi connectivity index (χ2v) is 12.3. The number of carbonyl (C=O) groups is 1. The summed E-state index contributed by atoms with van der Waals surface area (Å²) in [7, 11) is 0. The fraction of sp³-hybridized carbons (Fsp3) is 0.237. The second-order valence-electron chi connectivity index (χ2n) is 12.3. The number of rotatable bonds is 12. The van der Waals surface area contributed by atoms with Crippen molar-refractivity contribution in [3.63, 3.8) is 0 Å². The van der Waals surface area contributed by atoms with E-state index in [1.165, 1.54) is 5.56 Å². The number of ether oxygens (including phenoxy) is 1. The van der Waals surface area contributed by atoms with Crippen LogP contribution in [0.4, 0.5) is 0 Å². The van der Waals surface area contributed by atoms with Crippen molar-refractivity contribution in [2.45, 2.75) is 52.1 Å². The third-order valence-electron chi connectivity index (χ3n) is 7.82. The quantitative estimate of drug-likeness (QED) is 0.149. The summed E-state index contributed by atoms with van der Waals surface area (Å²) in [5.41, 5.74) is 6.75. The highest BCUT2D eigenvalue weighted by molar-refractivity contribution is 5.87. The number of para-hydroxylation sites is 1. The number of nitrogens with one attached hydrogen (secondary N) is 1. The fourth-order valence-corrected chi connectivity index (χ4v) is 5.12. The Labute approximate surface area is 263 Å². The van der Waals surface area contributed by atoms with Crippen LogP contribution in [0, 0.1) is 5.92 Å². The molecule has 1 unspecified atom stereocenters. The molecule has 0 aliphatic heterocycles. The number of aromatic carboxylic acids is 1. The molecule has 7 heteroatoms. The van der Waals surface area contributed by atoms with E-state index in [0.29, 0.717) is 6.61 Å². The standard InChI is InChI=1S/C38H38N2O5/c1-38(2,3)33-22-15-29(16-23-33)25-44-34-7-5-4-6-30(34)17-12-27(9-8-26-10-20-32(21-11-26)36(41)42)24-28-13-18-31(19-14-28)35-39-40-37(43)45-35/h4-7,10-23,27H,8-9,24-25H2,1-3H3,(H,40,43)(H,41,42). The summed E-state index contributed by atoms with van der Waals surface area (Å²) in [6.45, 7) is 7.10. The molecule has 0 bridgehead atoms. The molecule has 5 aromatic rings. The van der Waals surface area contributed by atoms with E-state index in [1.54, 1.807) is 12.1 Å². The lowest BCUT2D eigenvalue weighted by Crippen LogP contribution is -2.10. The summed E-state index contributed by atoms with van der Waals surface area (Å²) < 4.78 is 11.4. The third-order valence-corrected chi connectivity index (χ3v) is 7.82. The average molecular weight is 603 g/mol. The van der Waals surface area contributed by atoms with Gasteiger partial charge in [-0.3, -0.25) is 0 Å². The molecule has 4 aromatic carbocycles. The minimum absolute atomic E-state index is 0.106. The number of aryl methyl sites for hydroxylation is 1. The number of allylic oxidation sites excluding steroid dienone is 1.